The molecule has 3 rings (SSSR count). The fraction of sp³-hybridized carbons (Fsp3) is 0.143. The molecule has 7 nitrogen and oxygen atoms in total. The summed E-state index contributed by atoms with van der Waals surface area (Å²) in [5.74, 6) is -0.935. The van der Waals surface area contributed by atoms with Crippen LogP contribution < -0.4 is 5.73 Å². The van der Waals surface area contributed by atoms with E-state index in [1.807, 2.05) is 0 Å². The van der Waals surface area contributed by atoms with E-state index in [9.17, 15) is 13.2 Å². The van der Waals surface area contributed by atoms with Crippen LogP contribution >= 0.6 is 11.3 Å². The van der Waals surface area contributed by atoms with Crippen molar-refractivity contribution in [3.8, 4) is 10.6 Å². The SMILES string of the molecule is Nc1[nH]ncc1-c1nn2c(C(F)(F)F)nnc2s1. The third kappa shape index (κ3) is 1.51. The number of hydrogen-bond donors (Lipinski definition) is 2. The molecule has 0 fully saturated rings. The van der Waals surface area contributed by atoms with E-state index in [1.165, 1.54) is 6.20 Å². The molecule has 0 aliphatic heterocycles. The number of nitrogens with one attached hydrogen (secondary N) is 1. The highest BCUT2D eigenvalue weighted by Gasteiger charge is 2.38. The van der Waals surface area contributed by atoms with E-state index in [4.69, 9.17) is 5.73 Å². The summed E-state index contributed by atoms with van der Waals surface area (Å²) in [5.41, 5.74) is 6.00. The first kappa shape index (κ1) is 11.0. The normalized spacial score (nSPS) is 12.4. The van der Waals surface area contributed by atoms with Crippen molar-refractivity contribution >= 4 is 22.1 Å². The number of aromatic nitrogens is 6. The molecule has 0 spiro atoms. The van der Waals surface area contributed by atoms with Crippen LogP contribution in [0.4, 0.5) is 19.0 Å². The Morgan fingerprint density at radius 3 is 2.72 bits per heavy atom. The lowest BCUT2D eigenvalue weighted by atomic mass is 10.3. The Hall–Kier alpha value is -2.17. The summed E-state index contributed by atoms with van der Waals surface area (Å²) in [6, 6.07) is 0. The second-order valence-electron chi connectivity index (χ2n) is 3.32. The lowest BCUT2D eigenvalue weighted by Gasteiger charge is -1.99. The van der Waals surface area contributed by atoms with E-state index in [1.54, 1.807) is 0 Å². The molecule has 18 heavy (non-hydrogen) atoms. The van der Waals surface area contributed by atoms with Gasteiger partial charge in [0, 0.05) is 0 Å². The number of nitrogens with zero attached hydrogens (tertiary/aromatic N) is 5. The highest BCUT2D eigenvalue weighted by atomic mass is 32.1. The van der Waals surface area contributed by atoms with Crippen LogP contribution in [0.2, 0.25) is 0 Å². The molecule has 3 heterocycles. The summed E-state index contributed by atoms with van der Waals surface area (Å²) in [7, 11) is 0. The summed E-state index contributed by atoms with van der Waals surface area (Å²) < 4.78 is 38.4. The van der Waals surface area contributed by atoms with Gasteiger partial charge in [0.15, 0.2) is 5.01 Å². The summed E-state index contributed by atoms with van der Waals surface area (Å²) in [6.45, 7) is 0. The predicted molar refractivity (Wildman–Crippen MR) is 55.7 cm³/mol. The molecule has 94 valence electrons. The lowest BCUT2D eigenvalue weighted by Crippen LogP contribution is -2.11. The van der Waals surface area contributed by atoms with Crippen LogP contribution in [0.3, 0.4) is 0 Å². The molecule has 3 aromatic rings. The number of fused-ring (bicyclic) bond motifs is 1. The number of rotatable bonds is 1. The number of alkyl halides is 3. The Labute approximate surface area is 100 Å². The number of anilines is 1. The summed E-state index contributed by atoms with van der Waals surface area (Å²) >= 11 is 0.944. The van der Waals surface area contributed by atoms with E-state index in [2.05, 4.69) is 25.5 Å². The molecule has 0 aliphatic rings. The molecule has 0 amide bonds. The van der Waals surface area contributed by atoms with Gasteiger partial charge in [-0.1, -0.05) is 11.3 Å². The van der Waals surface area contributed by atoms with E-state index in [-0.39, 0.29) is 15.8 Å². The van der Waals surface area contributed by atoms with Crippen molar-refractivity contribution in [1.82, 2.24) is 30.0 Å². The maximum absolute atomic E-state index is 12.6. The van der Waals surface area contributed by atoms with E-state index < -0.39 is 12.0 Å². The first-order chi connectivity index (χ1) is 8.47. The van der Waals surface area contributed by atoms with Crippen LogP contribution in [0, 0.1) is 0 Å². The van der Waals surface area contributed by atoms with Crippen LogP contribution in [0.5, 0.6) is 0 Å². The molecule has 11 heteroatoms. The van der Waals surface area contributed by atoms with Gasteiger partial charge < -0.3 is 5.73 Å². The van der Waals surface area contributed by atoms with Crippen molar-refractivity contribution in [3.63, 3.8) is 0 Å². The highest BCUT2D eigenvalue weighted by molar-refractivity contribution is 7.19. The predicted octanol–water partition coefficient (Wildman–Crippen LogP) is 1.18. The third-order valence-corrected chi connectivity index (χ3v) is 3.08. The maximum atomic E-state index is 12.6. The molecular weight excluding hydrogens is 271 g/mol. The second-order valence-corrected chi connectivity index (χ2v) is 4.28. The standard InChI is InChI=1S/C7H4F3N7S/c8-7(9,10)5-14-15-6-17(5)16-4(18-6)2-1-12-13-3(2)11/h1H,(H3,11,12,13). The van der Waals surface area contributed by atoms with Gasteiger partial charge in [-0.25, -0.2) is 0 Å². The second kappa shape index (κ2) is 3.41. The Balaban J connectivity index is 2.19. The van der Waals surface area contributed by atoms with Crippen LogP contribution in [0.25, 0.3) is 15.5 Å². The van der Waals surface area contributed by atoms with Gasteiger partial charge >= 0.3 is 6.18 Å². The Kier molecular flexibility index (Phi) is 2.08. The molecule has 3 aromatic heterocycles. The smallest absolute Gasteiger partial charge is 0.383 e. The third-order valence-electron chi connectivity index (χ3n) is 2.14. The minimum atomic E-state index is -4.60. The minimum Gasteiger partial charge on any atom is -0.383 e. The summed E-state index contributed by atoms with van der Waals surface area (Å²) in [5, 5.41) is 16.7. The molecule has 0 saturated carbocycles. The molecule has 3 N–H and O–H groups in total. The topological polar surface area (TPSA) is 97.8 Å². The molecule has 0 atom stereocenters. The van der Waals surface area contributed by atoms with Gasteiger partial charge in [0.1, 0.15) is 5.82 Å². The van der Waals surface area contributed by atoms with Crippen LogP contribution in [0.1, 0.15) is 5.82 Å². The number of aromatic amines is 1. The Morgan fingerprint density at radius 2 is 2.11 bits per heavy atom. The van der Waals surface area contributed by atoms with Crippen molar-refractivity contribution in [1.29, 1.82) is 0 Å². The van der Waals surface area contributed by atoms with E-state index in [0.29, 0.717) is 10.1 Å². The Bertz CT molecular complexity index is 708. The molecule has 0 radical (unpaired) electrons. The molecule has 0 aliphatic carbocycles. The van der Waals surface area contributed by atoms with Crippen LogP contribution in [-0.4, -0.2) is 30.0 Å². The molecule has 0 unspecified atom stereocenters. The first-order valence-corrected chi connectivity index (χ1v) is 5.37. The molecule has 0 bridgehead atoms. The number of halogens is 3. The fourth-order valence-corrected chi connectivity index (χ4v) is 2.23. The van der Waals surface area contributed by atoms with E-state index in [0.717, 1.165) is 11.3 Å². The van der Waals surface area contributed by atoms with Crippen molar-refractivity contribution in [2.75, 3.05) is 5.73 Å². The summed E-state index contributed by atoms with van der Waals surface area (Å²) in [6.07, 6.45) is -3.22. The average Bonchev–Trinajstić information content (AvgIpc) is 2.87. The number of nitrogens with two attached hydrogens (primary N) is 1. The van der Waals surface area contributed by atoms with Crippen LogP contribution in [-0.2, 0) is 6.18 Å². The van der Waals surface area contributed by atoms with Crippen molar-refractivity contribution in [3.05, 3.63) is 12.0 Å². The van der Waals surface area contributed by atoms with Gasteiger partial charge in [-0.05, 0) is 0 Å². The average molecular weight is 275 g/mol. The molecule has 0 aromatic carbocycles. The zero-order valence-corrected chi connectivity index (χ0v) is 9.25. The monoisotopic (exact) mass is 275 g/mol. The molecular formula is C7H4F3N7S. The van der Waals surface area contributed by atoms with Crippen molar-refractivity contribution in [2.24, 2.45) is 0 Å². The zero-order valence-electron chi connectivity index (χ0n) is 8.43. The molecule has 0 saturated heterocycles. The fourth-order valence-electron chi connectivity index (χ4n) is 1.37. The van der Waals surface area contributed by atoms with Gasteiger partial charge in [0.05, 0.1) is 11.8 Å². The lowest BCUT2D eigenvalue weighted by molar-refractivity contribution is -0.146. The number of H-pyrrole nitrogens is 1. The minimum absolute atomic E-state index is 0.0397. The number of hydrogen-bond acceptors (Lipinski definition) is 6. The van der Waals surface area contributed by atoms with Crippen molar-refractivity contribution in [2.45, 2.75) is 6.18 Å². The summed E-state index contributed by atoms with van der Waals surface area (Å²) in [4.78, 5) is 0.0397. The van der Waals surface area contributed by atoms with Gasteiger partial charge in [-0.2, -0.15) is 27.9 Å². The largest absolute Gasteiger partial charge is 0.453 e. The van der Waals surface area contributed by atoms with Crippen molar-refractivity contribution < 1.29 is 13.2 Å². The van der Waals surface area contributed by atoms with Gasteiger partial charge in [-0.3, -0.25) is 5.10 Å². The van der Waals surface area contributed by atoms with Gasteiger partial charge in [0.2, 0.25) is 4.96 Å². The van der Waals surface area contributed by atoms with E-state index >= 15 is 0 Å². The maximum Gasteiger partial charge on any atom is 0.453 e. The zero-order chi connectivity index (χ0) is 12.9. The first-order valence-electron chi connectivity index (χ1n) is 4.55. The van der Waals surface area contributed by atoms with Gasteiger partial charge in [-0.15, -0.1) is 10.2 Å². The number of nitrogen functional groups attached to an aromatic ring is 1. The quantitative estimate of drug-likeness (QED) is 0.694. The highest BCUT2D eigenvalue weighted by Crippen LogP contribution is 2.32. The Morgan fingerprint density at radius 1 is 1.33 bits per heavy atom. The van der Waals surface area contributed by atoms with Crippen LogP contribution in [0.15, 0.2) is 6.20 Å². The van der Waals surface area contributed by atoms with Gasteiger partial charge in [0.25, 0.3) is 5.82 Å².